The molecule has 0 aliphatic rings. The molecule has 6 nitrogen and oxygen atoms in total. The first-order valence-electron chi connectivity index (χ1n) is 7.43. The Hall–Kier alpha value is -1.32. The van der Waals surface area contributed by atoms with Gasteiger partial charge >= 0.3 is 5.66 Å². The number of ether oxygens (including phenoxy) is 1. The zero-order valence-electron chi connectivity index (χ0n) is 14.0. The summed E-state index contributed by atoms with van der Waals surface area (Å²) in [5, 5.41) is 8.88. The average Bonchev–Trinajstić information content (AvgIpc) is 2.95. The fraction of sp³-hybridized carbons (Fsp3) is 0.400. The van der Waals surface area contributed by atoms with Crippen molar-refractivity contribution in [1.82, 2.24) is 0 Å². The number of aryl methyl sites for hydroxylation is 1. The standard InChI is InChI=1S/C15H17F2N2O4PS2/c1-8-10-6-9(14(18)20)7-11(23-4-3-5-25-2)12(10)26-13(8)15(16,17)24(22)19-21/h6-7,21H,3-5H2,1-2H3,(H2,18,20). The van der Waals surface area contributed by atoms with Crippen LogP contribution in [-0.2, 0) is 5.66 Å². The maximum atomic E-state index is 14.3. The smallest absolute Gasteiger partial charge is 0.458 e. The first kappa shape index (κ1) is 21.0. The van der Waals surface area contributed by atoms with Gasteiger partial charge in [-0.25, -0.2) is 5.21 Å². The predicted molar refractivity (Wildman–Crippen MR) is 98.6 cm³/mol. The van der Waals surface area contributed by atoms with Gasteiger partial charge in [-0.3, -0.25) is 4.79 Å². The molecule has 26 heavy (non-hydrogen) atoms. The zero-order chi connectivity index (χ0) is 19.5. The van der Waals surface area contributed by atoms with Crippen LogP contribution in [0.25, 0.3) is 10.1 Å². The van der Waals surface area contributed by atoms with Crippen LogP contribution < -0.4 is 15.4 Å². The molecule has 2 rings (SSSR count). The summed E-state index contributed by atoms with van der Waals surface area (Å²) in [7, 11) is -3.52. The average molecular weight is 422 g/mol. The quantitative estimate of drug-likeness (QED) is 0.382. The molecule has 3 N–H and O–H groups in total. The van der Waals surface area contributed by atoms with Crippen LogP contribution in [0, 0.1) is 6.92 Å². The van der Waals surface area contributed by atoms with E-state index in [4.69, 9.17) is 15.7 Å². The first-order valence-corrected chi connectivity index (χ1v) is 10.9. The number of thioether (sulfide) groups is 1. The molecule has 0 aliphatic heterocycles. The lowest BCUT2D eigenvalue weighted by Crippen LogP contribution is -2.13. The van der Waals surface area contributed by atoms with E-state index in [0.717, 1.165) is 12.2 Å². The molecule has 0 bridgehead atoms. The van der Waals surface area contributed by atoms with E-state index in [1.165, 1.54) is 19.1 Å². The Labute approximate surface area is 157 Å². The van der Waals surface area contributed by atoms with Crippen LogP contribution in [0.4, 0.5) is 8.78 Å². The Kier molecular flexibility index (Phi) is 6.92. The Balaban J connectivity index is 2.60. The Morgan fingerprint density at radius 2 is 2.23 bits per heavy atom. The highest BCUT2D eigenvalue weighted by Crippen LogP contribution is 2.53. The van der Waals surface area contributed by atoms with Crippen LogP contribution >= 0.6 is 31.0 Å². The number of benzene rings is 1. The molecule has 1 amide bonds. The minimum atomic E-state index is -3.83. The highest BCUT2D eigenvalue weighted by atomic mass is 32.2. The van der Waals surface area contributed by atoms with E-state index in [2.05, 4.69) is 4.91 Å². The van der Waals surface area contributed by atoms with Crippen molar-refractivity contribution in [3.05, 3.63) is 28.1 Å². The van der Waals surface area contributed by atoms with E-state index in [0.29, 0.717) is 28.0 Å². The number of fused-ring (bicyclic) bond motifs is 1. The van der Waals surface area contributed by atoms with Gasteiger partial charge in [-0.05, 0) is 43.0 Å². The van der Waals surface area contributed by atoms with Crippen LogP contribution in [-0.4, -0.2) is 29.7 Å². The number of thiophene rings is 1. The number of nitrogens with zero attached hydrogens (tertiary/aromatic N) is 1. The molecule has 1 atom stereocenters. The molecule has 1 unspecified atom stereocenters. The number of carbonyl (C=O) groups excluding carboxylic acids is 1. The summed E-state index contributed by atoms with van der Waals surface area (Å²) in [5.41, 5.74) is 1.76. The third-order valence-corrected chi connectivity index (χ3v) is 6.74. The Morgan fingerprint density at radius 3 is 2.81 bits per heavy atom. The maximum Gasteiger partial charge on any atom is 0.458 e. The van der Waals surface area contributed by atoms with Gasteiger partial charge < -0.3 is 15.4 Å². The van der Waals surface area contributed by atoms with Crippen molar-refractivity contribution in [3.63, 3.8) is 0 Å². The minimum absolute atomic E-state index is 0.129. The van der Waals surface area contributed by atoms with Crippen LogP contribution in [0.2, 0.25) is 0 Å². The molecule has 0 saturated carbocycles. The second-order valence-electron chi connectivity index (χ2n) is 5.37. The number of hydrogen-bond acceptors (Lipinski definition) is 6. The molecule has 11 heteroatoms. The first-order chi connectivity index (χ1) is 12.2. The number of amides is 1. The number of hydrogen-bond donors (Lipinski definition) is 2. The van der Waals surface area contributed by atoms with Gasteiger partial charge in [0.05, 0.1) is 16.2 Å². The van der Waals surface area contributed by atoms with Gasteiger partial charge in [-0.2, -0.15) is 20.5 Å². The summed E-state index contributed by atoms with van der Waals surface area (Å²) in [6.07, 6.45) is 2.70. The third-order valence-electron chi connectivity index (χ3n) is 3.63. The molecule has 1 aromatic heterocycles. The highest BCUT2D eigenvalue weighted by Gasteiger charge is 2.48. The highest BCUT2D eigenvalue weighted by molar-refractivity contribution is 7.98. The van der Waals surface area contributed by atoms with Gasteiger partial charge in [0, 0.05) is 10.9 Å². The fourth-order valence-corrected chi connectivity index (χ4v) is 4.71. The van der Waals surface area contributed by atoms with Gasteiger partial charge in [0.2, 0.25) is 5.91 Å². The molecule has 142 valence electrons. The van der Waals surface area contributed by atoms with E-state index in [-0.39, 0.29) is 16.9 Å². The molecule has 1 aromatic carbocycles. The summed E-state index contributed by atoms with van der Waals surface area (Å²) < 4.78 is 34.7. The van der Waals surface area contributed by atoms with Crippen LogP contribution in [0.15, 0.2) is 17.0 Å². The molecule has 0 aliphatic carbocycles. The summed E-state index contributed by atoms with van der Waals surface area (Å²) in [5.74, 6) is 0.420. The summed E-state index contributed by atoms with van der Waals surface area (Å²) in [6, 6.07) is 2.82. The van der Waals surface area contributed by atoms with Crippen molar-refractivity contribution >= 4 is 47.0 Å². The van der Waals surface area contributed by atoms with E-state index in [9.17, 15) is 18.5 Å². The molecule has 0 saturated heterocycles. The lowest BCUT2D eigenvalue weighted by atomic mass is 10.1. The number of halogens is 2. The molecule has 0 fully saturated rings. The minimum Gasteiger partial charge on any atom is -0.605 e. The number of rotatable bonds is 8. The number of nitrogens with two attached hydrogens (primary N) is 1. The lowest BCUT2D eigenvalue weighted by Gasteiger charge is -2.08. The summed E-state index contributed by atoms with van der Waals surface area (Å²) in [6.45, 7) is 1.77. The largest absolute Gasteiger partial charge is 0.605 e. The third kappa shape index (κ3) is 4.15. The van der Waals surface area contributed by atoms with Crippen molar-refractivity contribution in [2.75, 3.05) is 18.6 Å². The fourth-order valence-electron chi connectivity index (χ4n) is 2.35. The number of alkyl halides is 2. The number of carbonyl (C=O) groups is 1. The van der Waals surface area contributed by atoms with Crippen molar-refractivity contribution in [2.24, 2.45) is 10.6 Å². The van der Waals surface area contributed by atoms with E-state index >= 15 is 0 Å². The summed E-state index contributed by atoms with van der Waals surface area (Å²) >= 11 is 2.34. The van der Waals surface area contributed by atoms with Crippen LogP contribution in [0.5, 0.6) is 5.75 Å². The topological polar surface area (TPSA) is 108 Å². The monoisotopic (exact) mass is 422 g/mol. The molecule has 2 aromatic rings. The van der Waals surface area contributed by atoms with Crippen molar-refractivity contribution in [1.29, 1.82) is 0 Å². The van der Waals surface area contributed by atoms with Crippen LogP contribution in [0.1, 0.15) is 27.2 Å². The molecule has 0 radical (unpaired) electrons. The molecular formula is C15H17F2N2O4PS2. The van der Waals surface area contributed by atoms with Crippen LogP contribution in [0.3, 0.4) is 0 Å². The number of primary amides is 1. The predicted octanol–water partition coefficient (Wildman–Crippen LogP) is 3.82. The van der Waals surface area contributed by atoms with Gasteiger partial charge in [0.15, 0.2) is 0 Å². The van der Waals surface area contributed by atoms with E-state index in [1.54, 1.807) is 11.8 Å². The second-order valence-corrected chi connectivity index (χ2v) is 8.66. The van der Waals surface area contributed by atoms with Crippen molar-refractivity contribution in [2.45, 2.75) is 19.0 Å². The van der Waals surface area contributed by atoms with E-state index in [1.807, 2.05) is 6.26 Å². The SMILES string of the molecule is CSCCCOc1cc(C(N)=O)cc2c(C)c(C(F)(F)[P+]([O-])=NO)sc12. The lowest BCUT2D eigenvalue weighted by molar-refractivity contribution is -0.176. The summed E-state index contributed by atoms with van der Waals surface area (Å²) in [4.78, 5) is 24.8. The molecular weight excluding hydrogens is 405 g/mol. The Bertz CT molecular complexity index is 858. The normalized spacial score (nSPS) is 12.6. The Morgan fingerprint density at radius 1 is 1.54 bits per heavy atom. The molecule has 1 heterocycles. The maximum absolute atomic E-state index is 14.3. The van der Waals surface area contributed by atoms with Gasteiger partial charge in [-0.1, -0.05) is 0 Å². The molecule has 0 spiro atoms. The van der Waals surface area contributed by atoms with Crippen molar-refractivity contribution in [3.8, 4) is 5.75 Å². The zero-order valence-corrected chi connectivity index (χ0v) is 16.5. The van der Waals surface area contributed by atoms with E-state index < -0.39 is 24.4 Å². The van der Waals surface area contributed by atoms with Gasteiger partial charge in [0.25, 0.3) is 7.94 Å². The van der Waals surface area contributed by atoms with Gasteiger partial charge in [0.1, 0.15) is 10.6 Å². The van der Waals surface area contributed by atoms with Gasteiger partial charge in [-0.15, -0.1) is 11.3 Å². The second kappa shape index (κ2) is 8.58. The van der Waals surface area contributed by atoms with Crippen molar-refractivity contribution < 1.29 is 28.4 Å².